The molecule has 0 bridgehead atoms. The molecule has 0 amide bonds. The zero-order valence-electron chi connectivity index (χ0n) is 17.2. The Kier molecular flexibility index (Phi) is 27.5. The summed E-state index contributed by atoms with van der Waals surface area (Å²) in [6.07, 6.45) is 1.61. The summed E-state index contributed by atoms with van der Waals surface area (Å²) in [6, 6.07) is 0. The molecule has 0 aliphatic heterocycles. The first-order chi connectivity index (χ1) is 13.8. The maximum atomic E-state index is 9.90. The highest BCUT2D eigenvalue weighted by Crippen LogP contribution is 2.18. The van der Waals surface area contributed by atoms with E-state index in [2.05, 4.69) is 0 Å². The number of rotatable bonds is 16. The summed E-state index contributed by atoms with van der Waals surface area (Å²) in [6.45, 7) is 3.08. The summed E-state index contributed by atoms with van der Waals surface area (Å²) >= 11 is 0. The quantitative estimate of drug-likeness (QED) is 0.150. The molecule has 0 aromatic rings. The van der Waals surface area contributed by atoms with E-state index >= 15 is 0 Å². The molecule has 0 saturated heterocycles. The Morgan fingerprint density at radius 3 is 1.21 bits per heavy atom. The molecule has 7 N–H and O–H groups in total. The van der Waals surface area contributed by atoms with E-state index in [1.807, 2.05) is 6.92 Å². The number of carbonyl (C=O) groups is 2. The number of unbranched alkanes of at least 4 members (excludes halogenated alkanes) is 1. The second kappa shape index (κ2) is 24.7. The predicted molar refractivity (Wildman–Crippen MR) is 104 cm³/mol. The molecule has 0 atom stereocenters. The van der Waals surface area contributed by atoms with Gasteiger partial charge in [0.05, 0.1) is 59.5 Å². The number of hydrogen-bond acceptors (Lipinski definition) is 9. The van der Waals surface area contributed by atoms with Crippen molar-refractivity contribution in [1.82, 2.24) is 0 Å². The van der Waals surface area contributed by atoms with Crippen LogP contribution in [0.4, 0.5) is 0 Å². The van der Waals surface area contributed by atoms with Crippen LogP contribution >= 0.6 is 0 Å². The first-order valence-corrected chi connectivity index (χ1v) is 9.42. The lowest BCUT2D eigenvalue weighted by molar-refractivity contribution is -0.139. The minimum absolute atomic E-state index is 0.0417. The van der Waals surface area contributed by atoms with E-state index in [4.69, 9.17) is 45.2 Å². The Balaban J connectivity index is -0.000000350. The van der Waals surface area contributed by atoms with E-state index < -0.39 is 17.4 Å². The van der Waals surface area contributed by atoms with Crippen LogP contribution in [-0.2, 0) is 19.1 Å². The molecule has 0 saturated carbocycles. The van der Waals surface area contributed by atoms with Gasteiger partial charge in [0.25, 0.3) is 0 Å². The van der Waals surface area contributed by atoms with Crippen LogP contribution in [-0.4, -0.2) is 107 Å². The van der Waals surface area contributed by atoms with E-state index in [0.717, 1.165) is 0 Å². The lowest BCUT2D eigenvalue weighted by Gasteiger charge is -2.24. The molecule has 0 aromatic heterocycles. The molecule has 0 fully saturated rings. The first-order valence-electron chi connectivity index (χ1n) is 9.42. The number of hydrogen-bond donors (Lipinski definition) is 7. The largest absolute Gasteiger partial charge is 0.481 e. The number of aliphatic carboxylic acids is 2. The maximum absolute atomic E-state index is 9.90. The van der Waals surface area contributed by atoms with E-state index in [9.17, 15) is 9.59 Å². The lowest BCUT2D eigenvalue weighted by Crippen LogP contribution is -2.32. The van der Waals surface area contributed by atoms with Crippen molar-refractivity contribution in [3.63, 3.8) is 0 Å². The molecular weight excluding hydrogens is 392 g/mol. The Morgan fingerprint density at radius 1 is 0.690 bits per heavy atom. The second-order valence-electron chi connectivity index (χ2n) is 5.99. The van der Waals surface area contributed by atoms with Crippen molar-refractivity contribution in [3.8, 4) is 0 Å². The zero-order chi connectivity index (χ0) is 23.0. The summed E-state index contributed by atoms with van der Waals surface area (Å²) in [7, 11) is 0. The third-order valence-corrected chi connectivity index (χ3v) is 3.63. The molecule has 0 aliphatic rings. The number of carboxylic acid groups (broad SMARTS) is 2. The Labute approximate surface area is 171 Å². The van der Waals surface area contributed by atoms with Crippen LogP contribution in [0.3, 0.4) is 0 Å². The summed E-state index contributed by atoms with van der Waals surface area (Å²) in [5.74, 6) is -1.74. The highest BCUT2D eigenvalue weighted by molar-refractivity contribution is 5.67. The van der Waals surface area contributed by atoms with Gasteiger partial charge in [-0.25, -0.2) is 0 Å². The molecule has 0 aromatic carbocycles. The fourth-order valence-electron chi connectivity index (χ4n) is 1.49. The fraction of sp³-hybridized carbons (Fsp3) is 0.889. The lowest BCUT2D eigenvalue weighted by atomic mass is 9.88. The third-order valence-electron chi connectivity index (χ3n) is 3.63. The highest BCUT2D eigenvalue weighted by atomic mass is 16.5. The zero-order valence-corrected chi connectivity index (χ0v) is 17.2. The van der Waals surface area contributed by atoms with Crippen LogP contribution < -0.4 is 0 Å². The Morgan fingerprint density at radius 2 is 1.03 bits per heavy atom. The van der Waals surface area contributed by atoms with Crippen LogP contribution in [0.25, 0.3) is 0 Å². The molecule has 29 heavy (non-hydrogen) atoms. The average molecular weight is 430 g/mol. The molecular formula is C18H38O11. The minimum atomic E-state index is -0.870. The monoisotopic (exact) mass is 430 g/mol. The van der Waals surface area contributed by atoms with E-state index in [0.29, 0.717) is 45.7 Å². The SMILES string of the molecule is CCC(CO)(CO)CO.O=C(O)CCCCC(=O)O.OCCOCCOCCO. The molecule has 0 aliphatic carbocycles. The normalized spacial score (nSPS) is 10.4. The molecule has 0 unspecified atom stereocenters. The van der Waals surface area contributed by atoms with E-state index in [1.165, 1.54) is 0 Å². The van der Waals surface area contributed by atoms with Gasteiger partial charge in [-0.2, -0.15) is 0 Å². The van der Waals surface area contributed by atoms with Gasteiger partial charge >= 0.3 is 11.9 Å². The smallest absolute Gasteiger partial charge is 0.303 e. The van der Waals surface area contributed by atoms with Gasteiger partial charge in [-0.3, -0.25) is 9.59 Å². The van der Waals surface area contributed by atoms with Gasteiger partial charge < -0.3 is 45.2 Å². The second-order valence-corrected chi connectivity index (χ2v) is 5.99. The Hall–Kier alpha value is -1.34. The number of aliphatic hydroxyl groups is 5. The average Bonchev–Trinajstić information content (AvgIpc) is 2.71. The van der Waals surface area contributed by atoms with Gasteiger partial charge in [-0.05, 0) is 19.3 Å². The van der Waals surface area contributed by atoms with Gasteiger partial charge in [0.15, 0.2) is 0 Å². The number of ether oxygens (including phenoxy) is 2. The highest BCUT2D eigenvalue weighted by Gasteiger charge is 2.24. The molecule has 11 nitrogen and oxygen atoms in total. The van der Waals surface area contributed by atoms with Crippen LogP contribution in [0.2, 0.25) is 0 Å². The fourth-order valence-corrected chi connectivity index (χ4v) is 1.49. The van der Waals surface area contributed by atoms with Gasteiger partial charge in [-0.15, -0.1) is 0 Å². The molecule has 0 radical (unpaired) electrons. The molecule has 0 spiro atoms. The van der Waals surface area contributed by atoms with Crippen LogP contribution in [0.1, 0.15) is 39.0 Å². The van der Waals surface area contributed by atoms with Crippen molar-refractivity contribution in [3.05, 3.63) is 0 Å². The van der Waals surface area contributed by atoms with Crippen LogP contribution in [0.15, 0.2) is 0 Å². The van der Waals surface area contributed by atoms with E-state index in [1.54, 1.807) is 0 Å². The van der Waals surface area contributed by atoms with Gasteiger partial charge in [0.2, 0.25) is 0 Å². The molecule has 0 rings (SSSR count). The third kappa shape index (κ3) is 26.7. The van der Waals surface area contributed by atoms with Gasteiger partial charge in [-0.1, -0.05) is 6.92 Å². The standard InChI is InChI=1S/C6H14O4.C6H10O4.C6H14O3/c7-1-3-9-5-6-10-4-2-8;7-5(8)3-1-2-4-6(9)10;1-2-6(3-7,4-8)5-9/h7-8H,1-6H2;1-4H2,(H,7,8)(H,9,10);7-9H,2-5H2,1H3. The summed E-state index contributed by atoms with van der Waals surface area (Å²) in [4.78, 5) is 19.8. The molecule has 0 heterocycles. The van der Waals surface area contributed by atoms with Crippen molar-refractivity contribution in [2.45, 2.75) is 39.0 Å². The van der Waals surface area contributed by atoms with Crippen molar-refractivity contribution in [2.24, 2.45) is 5.41 Å². The van der Waals surface area contributed by atoms with Crippen molar-refractivity contribution < 1.29 is 54.8 Å². The van der Waals surface area contributed by atoms with Crippen molar-refractivity contribution in [1.29, 1.82) is 0 Å². The number of aliphatic hydroxyl groups excluding tert-OH is 5. The van der Waals surface area contributed by atoms with Gasteiger partial charge in [0.1, 0.15) is 0 Å². The number of carboxylic acids is 2. The van der Waals surface area contributed by atoms with Crippen LogP contribution in [0.5, 0.6) is 0 Å². The van der Waals surface area contributed by atoms with E-state index in [-0.39, 0.29) is 45.9 Å². The van der Waals surface area contributed by atoms with Crippen molar-refractivity contribution in [2.75, 3.05) is 59.5 Å². The summed E-state index contributed by atoms with van der Waals surface area (Å²) < 4.78 is 9.75. The summed E-state index contributed by atoms with van der Waals surface area (Å²) in [5, 5.41) is 58.8. The Bertz CT molecular complexity index is 318. The minimum Gasteiger partial charge on any atom is -0.481 e. The van der Waals surface area contributed by atoms with Crippen molar-refractivity contribution >= 4 is 11.9 Å². The molecule has 11 heteroatoms. The maximum Gasteiger partial charge on any atom is 0.303 e. The van der Waals surface area contributed by atoms with Crippen LogP contribution in [0, 0.1) is 5.41 Å². The first kappa shape index (κ1) is 32.3. The van der Waals surface area contributed by atoms with Gasteiger partial charge in [0, 0.05) is 18.3 Å². The predicted octanol–water partition coefficient (Wildman–Crippen LogP) is -0.920. The topological polar surface area (TPSA) is 194 Å². The molecule has 176 valence electrons. The summed E-state index contributed by atoms with van der Waals surface area (Å²) in [5.41, 5.74) is -0.667.